The predicted octanol–water partition coefficient (Wildman–Crippen LogP) is 4.25. The number of benzene rings is 1. The van der Waals surface area contributed by atoms with E-state index >= 15 is 0 Å². The van der Waals surface area contributed by atoms with E-state index in [0.29, 0.717) is 24.9 Å². The first-order valence-corrected chi connectivity index (χ1v) is 10.9. The van der Waals surface area contributed by atoms with Crippen LogP contribution in [0.25, 0.3) is 0 Å². The monoisotopic (exact) mass is 428 g/mol. The molecule has 8 heteroatoms. The van der Waals surface area contributed by atoms with Gasteiger partial charge in [0.25, 0.3) is 0 Å². The van der Waals surface area contributed by atoms with Crippen LogP contribution in [0.5, 0.6) is 11.5 Å². The Hall–Kier alpha value is -2.09. The lowest BCUT2D eigenvalue weighted by molar-refractivity contribution is -0.0514. The summed E-state index contributed by atoms with van der Waals surface area (Å²) in [6, 6.07) is 5.21. The molecule has 0 amide bonds. The van der Waals surface area contributed by atoms with Crippen LogP contribution in [-0.2, 0) is 6.54 Å². The summed E-state index contributed by atoms with van der Waals surface area (Å²) in [6.07, 6.45) is 2.17. The number of halogens is 2. The molecule has 0 spiro atoms. The first-order chi connectivity index (χ1) is 14.4. The van der Waals surface area contributed by atoms with E-state index in [-0.39, 0.29) is 5.75 Å². The van der Waals surface area contributed by atoms with Crippen molar-refractivity contribution < 1.29 is 18.3 Å². The van der Waals surface area contributed by atoms with E-state index in [1.807, 2.05) is 6.92 Å². The SMILES string of the molecule is CCNC(=NCc1ccc(OC(F)F)c(OCC)c1)NC(C)CCCN(CC)CC. The number of guanidine groups is 1. The maximum Gasteiger partial charge on any atom is 0.387 e. The maximum atomic E-state index is 12.6. The van der Waals surface area contributed by atoms with Gasteiger partial charge in [0.05, 0.1) is 13.2 Å². The quantitative estimate of drug-likeness (QED) is 0.343. The van der Waals surface area contributed by atoms with E-state index in [1.54, 1.807) is 19.1 Å². The van der Waals surface area contributed by atoms with Crippen molar-refractivity contribution in [1.29, 1.82) is 0 Å². The van der Waals surface area contributed by atoms with Gasteiger partial charge in [0.1, 0.15) is 0 Å². The number of hydrogen-bond donors (Lipinski definition) is 2. The van der Waals surface area contributed by atoms with Gasteiger partial charge in [0.15, 0.2) is 17.5 Å². The van der Waals surface area contributed by atoms with Crippen molar-refractivity contribution in [3.8, 4) is 11.5 Å². The van der Waals surface area contributed by atoms with Crippen LogP contribution in [0.4, 0.5) is 8.78 Å². The molecule has 2 N–H and O–H groups in total. The third-order valence-corrected chi connectivity index (χ3v) is 4.68. The van der Waals surface area contributed by atoms with Crippen molar-refractivity contribution in [2.24, 2.45) is 4.99 Å². The molecule has 0 fully saturated rings. The zero-order chi connectivity index (χ0) is 22.4. The Morgan fingerprint density at radius 2 is 1.87 bits per heavy atom. The molecule has 1 aromatic carbocycles. The van der Waals surface area contributed by atoms with Gasteiger partial charge >= 0.3 is 6.61 Å². The van der Waals surface area contributed by atoms with Crippen molar-refractivity contribution in [2.45, 2.75) is 66.7 Å². The Morgan fingerprint density at radius 1 is 1.13 bits per heavy atom. The highest BCUT2D eigenvalue weighted by molar-refractivity contribution is 5.80. The Balaban J connectivity index is 2.71. The largest absolute Gasteiger partial charge is 0.490 e. The summed E-state index contributed by atoms with van der Waals surface area (Å²) in [5.74, 6) is 1.07. The number of hydrogen-bond acceptors (Lipinski definition) is 4. The standard InChI is InChI=1S/C22H38F2N4O2/c1-6-25-22(27-17(5)11-10-14-28(7-2)8-3)26-16-18-12-13-19(30-21(23)24)20(15-18)29-9-4/h12-13,15,17,21H,6-11,14,16H2,1-5H3,(H2,25,26,27). The van der Waals surface area contributed by atoms with Crippen LogP contribution >= 0.6 is 0 Å². The van der Waals surface area contributed by atoms with Crippen molar-refractivity contribution in [2.75, 3.05) is 32.8 Å². The van der Waals surface area contributed by atoms with Gasteiger partial charge in [-0.1, -0.05) is 19.9 Å². The zero-order valence-electron chi connectivity index (χ0n) is 19.0. The van der Waals surface area contributed by atoms with Gasteiger partial charge < -0.3 is 25.0 Å². The van der Waals surface area contributed by atoms with Crippen LogP contribution in [0, 0.1) is 0 Å². The molecular weight excluding hydrogens is 390 g/mol. The van der Waals surface area contributed by atoms with Crippen LogP contribution < -0.4 is 20.1 Å². The smallest absolute Gasteiger partial charge is 0.387 e. The second-order valence-electron chi connectivity index (χ2n) is 7.00. The molecule has 172 valence electrons. The summed E-state index contributed by atoms with van der Waals surface area (Å²) in [4.78, 5) is 7.05. The fourth-order valence-electron chi connectivity index (χ4n) is 3.07. The first-order valence-electron chi connectivity index (χ1n) is 10.9. The molecule has 0 saturated heterocycles. The Morgan fingerprint density at radius 3 is 2.47 bits per heavy atom. The van der Waals surface area contributed by atoms with Crippen LogP contribution in [0.15, 0.2) is 23.2 Å². The molecule has 0 radical (unpaired) electrons. The molecule has 0 aliphatic heterocycles. The fourth-order valence-corrected chi connectivity index (χ4v) is 3.07. The average Bonchev–Trinajstić information content (AvgIpc) is 2.71. The molecular formula is C22H38F2N4O2. The van der Waals surface area contributed by atoms with Gasteiger partial charge in [-0.05, 0) is 70.9 Å². The maximum absolute atomic E-state index is 12.6. The number of ether oxygens (including phenoxy) is 2. The van der Waals surface area contributed by atoms with E-state index in [9.17, 15) is 8.78 Å². The average molecular weight is 429 g/mol. The predicted molar refractivity (Wildman–Crippen MR) is 119 cm³/mol. The molecule has 0 saturated carbocycles. The van der Waals surface area contributed by atoms with E-state index in [1.165, 1.54) is 6.07 Å². The summed E-state index contributed by atoms with van der Waals surface area (Å²) in [7, 11) is 0. The minimum Gasteiger partial charge on any atom is -0.490 e. The molecule has 1 aromatic rings. The highest BCUT2D eigenvalue weighted by atomic mass is 19.3. The molecule has 1 atom stereocenters. The summed E-state index contributed by atoms with van der Waals surface area (Å²) in [6.45, 7) is 12.2. The van der Waals surface area contributed by atoms with Crippen molar-refractivity contribution in [3.05, 3.63) is 23.8 Å². The van der Waals surface area contributed by atoms with E-state index < -0.39 is 6.61 Å². The third-order valence-electron chi connectivity index (χ3n) is 4.68. The minimum atomic E-state index is -2.89. The minimum absolute atomic E-state index is 0.0337. The van der Waals surface area contributed by atoms with Crippen molar-refractivity contribution in [3.63, 3.8) is 0 Å². The van der Waals surface area contributed by atoms with E-state index in [0.717, 1.165) is 50.5 Å². The summed E-state index contributed by atoms with van der Waals surface area (Å²) < 4.78 is 35.1. The van der Waals surface area contributed by atoms with Crippen molar-refractivity contribution >= 4 is 5.96 Å². The molecule has 0 aliphatic carbocycles. The van der Waals surface area contributed by atoms with Gasteiger partial charge in [-0.2, -0.15) is 8.78 Å². The molecule has 1 rings (SSSR count). The highest BCUT2D eigenvalue weighted by Crippen LogP contribution is 2.30. The summed E-state index contributed by atoms with van der Waals surface area (Å²) in [5.41, 5.74) is 0.853. The zero-order valence-corrected chi connectivity index (χ0v) is 19.0. The van der Waals surface area contributed by atoms with Gasteiger partial charge in [-0.3, -0.25) is 0 Å². The van der Waals surface area contributed by atoms with Gasteiger partial charge in [0.2, 0.25) is 0 Å². The topological polar surface area (TPSA) is 58.1 Å². The normalized spacial score (nSPS) is 12.9. The third kappa shape index (κ3) is 10.1. The van der Waals surface area contributed by atoms with Gasteiger partial charge in [-0.25, -0.2) is 4.99 Å². The van der Waals surface area contributed by atoms with Crippen LogP contribution in [-0.4, -0.2) is 56.3 Å². The van der Waals surface area contributed by atoms with E-state index in [4.69, 9.17) is 4.74 Å². The fraction of sp³-hybridized carbons (Fsp3) is 0.682. The summed E-state index contributed by atoms with van der Waals surface area (Å²) in [5, 5.41) is 6.70. The number of nitrogens with zero attached hydrogens (tertiary/aromatic N) is 2. The number of nitrogens with one attached hydrogen (secondary N) is 2. The molecule has 30 heavy (non-hydrogen) atoms. The second-order valence-corrected chi connectivity index (χ2v) is 7.00. The molecule has 1 unspecified atom stereocenters. The van der Waals surface area contributed by atoms with Gasteiger partial charge in [-0.15, -0.1) is 0 Å². The highest BCUT2D eigenvalue weighted by Gasteiger charge is 2.12. The first kappa shape index (κ1) is 25.9. The van der Waals surface area contributed by atoms with E-state index in [2.05, 4.69) is 46.0 Å². The Kier molecular flexibility index (Phi) is 12.8. The molecule has 0 heterocycles. The molecule has 0 bridgehead atoms. The van der Waals surface area contributed by atoms with Crippen LogP contribution in [0.2, 0.25) is 0 Å². The Labute approximate surface area is 180 Å². The second kappa shape index (κ2) is 14.8. The summed E-state index contributed by atoms with van der Waals surface area (Å²) >= 11 is 0. The molecule has 0 aromatic heterocycles. The lowest BCUT2D eigenvalue weighted by Gasteiger charge is -2.21. The number of aliphatic imine (C=N–C) groups is 1. The van der Waals surface area contributed by atoms with Crippen LogP contribution in [0.1, 0.15) is 53.0 Å². The molecule has 6 nitrogen and oxygen atoms in total. The number of alkyl halides is 2. The van der Waals surface area contributed by atoms with Crippen LogP contribution in [0.3, 0.4) is 0 Å². The lowest BCUT2D eigenvalue weighted by atomic mass is 10.2. The number of rotatable bonds is 14. The van der Waals surface area contributed by atoms with Crippen molar-refractivity contribution in [1.82, 2.24) is 15.5 Å². The lowest BCUT2D eigenvalue weighted by Crippen LogP contribution is -2.42. The Bertz CT molecular complexity index is 625. The molecule has 0 aliphatic rings. The van der Waals surface area contributed by atoms with Gasteiger partial charge in [0, 0.05) is 12.6 Å².